The second-order valence-electron chi connectivity index (χ2n) is 5.62. The quantitative estimate of drug-likeness (QED) is 0.512. The maximum absolute atomic E-state index is 10.3. The molecule has 0 aliphatic heterocycles. The lowest BCUT2D eigenvalue weighted by Gasteiger charge is -2.13. The maximum atomic E-state index is 10.3. The van der Waals surface area contributed by atoms with Gasteiger partial charge in [0.15, 0.2) is 0 Å². The normalized spacial score (nSPS) is 13.0. The zero-order valence-electron chi connectivity index (χ0n) is 12.5. The van der Waals surface area contributed by atoms with Crippen molar-refractivity contribution in [3.8, 4) is 0 Å². The average Bonchev–Trinajstić information content (AvgIpc) is 2.80. The standard InChI is InChI=1S/C17H18Br2N2O2/c18-11-1-3-16-14(7-11)15-8-12(19)2-4-17(15)21(16)10-13(23)9-20-5-6-22/h1-4,7-8,13,20,22-23H,5-6,9-10H2/p+1/t13-/m0/s1. The molecule has 1 atom stereocenters. The van der Waals surface area contributed by atoms with Crippen molar-refractivity contribution >= 4 is 53.7 Å². The molecule has 3 aromatic rings. The Morgan fingerprint density at radius 1 is 1.00 bits per heavy atom. The van der Waals surface area contributed by atoms with Gasteiger partial charge in [-0.1, -0.05) is 31.9 Å². The van der Waals surface area contributed by atoms with Gasteiger partial charge in [-0.3, -0.25) is 0 Å². The molecule has 4 N–H and O–H groups in total. The van der Waals surface area contributed by atoms with Crippen molar-refractivity contribution in [1.29, 1.82) is 0 Å². The third kappa shape index (κ3) is 3.61. The van der Waals surface area contributed by atoms with Gasteiger partial charge in [-0.05, 0) is 36.4 Å². The number of fused-ring (bicyclic) bond motifs is 3. The van der Waals surface area contributed by atoms with Gasteiger partial charge >= 0.3 is 0 Å². The highest BCUT2D eigenvalue weighted by Gasteiger charge is 2.15. The molecule has 122 valence electrons. The van der Waals surface area contributed by atoms with Gasteiger partial charge in [0, 0.05) is 30.8 Å². The van der Waals surface area contributed by atoms with Crippen molar-refractivity contribution in [3.63, 3.8) is 0 Å². The smallest absolute Gasteiger partial charge is 0.121 e. The second kappa shape index (κ2) is 7.32. The van der Waals surface area contributed by atoms with Crippen molar-refractivity contribution in [2.24, 2.45) is 0 Å². The summed E-state index contributed by atoms with van der Waals surface area (Å²) in [4.78, 5) is 0. The van der Waals surface area contributed by atoms with E-state index < -0.39 is 6.10 Å². The Hall–Kier alpha value is -0.920. The molecular formula is C17H19Br2N2O2+. The van der Waals surface area contributed by atoms with Gasteiger partial charge in [0.25, 0.3) is 0 Å². The van der Waals surface area contributed by atoms with E-state index in [9.17, 15) is 5.11 Å². The van der Waals surface area contributed by atoms with Crippen LogP contribution in [0.5, 0.6) is 0 Å². The van der Waals surface area contributed by atoms with Crippen LogP contribution in [0.3, 0.4) is 0 Å². The number of hydrogen-bond donors (Lipinski definition) is 3. The van der Waals surface area contributed by atoms with Crippen molar-refractivity contribution in [3.05, 3.63) is 45.3 Å². The third-order valence-corrected chi connectivity index (χ3v) is 4.94. The fourth-order valence-corrected chi connectivity index (χ4v) is 3.65. The highest BCUT2D eigenvalue weighted by atomic mass is 79.9. The largest absolute Gasteiger partial charge is 0.391 e. The summed E-state index contributed by atoms with van der Waals surface area (Å²) in [5.41, 5.74) is 2.23. The molecule has 0 radical (unpaired) electrons. The summed E-state index contributed by atoms with van der Waals surface area (Å²) in [7, 11) is 0. The summed E-state index contributed by atoms with van der Waals surface area (Å²) in [6.07, 6.45) is -0.465. The summed E-state index contributed by atoms with van der Waals surface area (Å²) in [5, 5.41) is 23.4. The minimum atomic E-state index is -0.465. The molecule has 23 heavy (non-hydrogen) atoms. The fraction of sp³-hybridized carbons (Fsp3) is 0.294. The van der Waals surface area contributed by atoms with E-state index in [-0.39, 0.29) is 6.61 Å². The summed E-state index contributed by atoms with van der Waals surface area (Å²) in [5.74, 6) is 0. The van der Waals surface area contributed by atoms with Gasteiger partial charge < -0.3 is 20.1 Å². The summed E-state index contributed by atoms with van der Waals surface area (Å²) in [6, 6.07) is 12.4. The predicted octanol–water partition coefficient (Wildman–Crippen LogP) is 2.24. The van der Waals surface area contributed by atoms with Gasteiger partial charge in [-0.25, -0.2) is 0 Å². The molecule has 0 aliphatic carbocycles. The van der Waals surface area contributed by atoms with Gasteiger partial charge in [0.1, 0.15) is 12.6 Å². The predicted molar refractivity (Wildman–Crippen MR) is 99.6 cm³/mol. The number of nitrogens with zero attached hydrogens (tertiary/aromatic N) is 1. The van der Waals surface area contributed by atoms with E-state index >= 15 is 0 Å². The molecule has 2 aromatic carbocycles. The number of benzene rings is 2. The summed E-state index contributed by atoms with van der Waals surface area (Å²) < 4.78 is 4.25. The number of aromatic nitrogens is 1. The van der Waals surface area contributed by atoms with Crippen LogP contribution in [0.15, 0.2) is 45.3 Å². The van der Waals surface area contributed by atoms with Crippen LogP contribution in [0.25, 0.3) is 21.8 Å². The van der Waals surface area contributed by atoms with Crippen molar-refractivity contribution in [1.82, 2.24) is 4.57 Å². The van der Waals surface area contributed by atoms with Crippen LogP contribution in [0, 0.1) is 0 Å². The molecule has 6 heteroatoms. The lowest BCUT2D eigenvalue weighted by atomic mass is 10.2. The maximum Gasteiger partial charge on any atom is 0.121 e. The van der Waals surface area contributed by atoms with Crippen LogP contribution in [0.1, 0.15) is 0 Å². The first kappa shape index (κ1) is 16.9. The average molecular weight is 443 g/mol. The zero-order chi connectivity index (χ0) is 16.4. The van der Waals surface area contributed by atoms with E-state index in [0.717, 1.165) is 20.0 Å². The van der Waals surface area contributed by atoms with Crippen LogP contribution in [0.2, 0.25) is 0 Å². The van der Waals surface area contributed by atoms with Gasteiger partial charge in [0.2, 0.25) is 0 Å². The number of rotatable bonds is 6. The van der Waals surface area contributed by atoms with Crippen LogP contribution in [-0.2, 0) is 6.54 Å². The Morgan fingerprint density at radius 2 is 1.57 bits per heavy atom. The molecular weight excluding hydrogens is 424 g/mol. The third-order valence-electron chi connectivity index (χ3n) is 3.95. The molecule has 4 nitrogen and oxygen atoms in total. The Labute approximate surface area is 151 Å². The van der Waals surface area contributed by atoms with Gasteiger partial charge in [0.05, 0.1) is 19.7 Å². The number of quaternary nitrogens is 1. The number of aliphatic hydroxyl groups is 2. The summed E-state index contributed by atoms with van der Waals surface area (Å²) in [6.45, 7) is 1.86. The molecule has 1 heterocycles. The van der Waals surface area contributed by atoms with E-state index in [1.165, 1.54) is 10.8 Å². The molecule has 0 saturated carbocycles. The Kier molecular flexibility index (Phi) is 5.38. The van der Waals surface area contributed by atoms with E-state index in [2.05, 4.69) is 60.7 Å². The molecule has 0 fully saturated rings. The van der Waals surface area contributed by atoms with Crippen LogP contribution < -0.4 is 5.32 Å². The van der Waals surface area contributed by atoms with Crippen molar-refractivity contribution in [2.75, 3.05) is 19.7 Å². The molecule has 1 aromatic heterocycles. The van der Waals surface area contributed by atoms with Crippen LogP contribution in [-0.4, -0.2) is 40.6 Å². The topological polar surface area (TPSA) is 62.0 Å². The summed E-state index contributed by atoms with van der Waals surface area (Å²) >= 11 is 7.08. The first-order valence-corrected chi connectivity index (χ1v) is 9.16. The fourth-order valence-electron chi connectivity index (χ4n) is 2.93. The minimum absolute atomic E-state index is 0.129. The Bertz CT molecular complexity index is 773. The molecule has 0 saturated heterocycles. The molecule has 0 amide bonds. The Balaban J connectivity index is 2.03. The van der Waals surface area contributed by atoms with Crippen molar-refractivity contribution in [2.45, 2.75) is 12.6 Å². The number of aliphatic hydroxyl groups excluding tert-OH is 2. The van der Waals surface area contributed by atoms with Gasteiger partial charge in [-0.15, -0.1) is 0 Å². The first-order valence-electron chi connectivity index (χ1n) is 7.57. The lowest BCUT2D eigenvalue weighted by Crippen LogP contribution is -2.87. The molecule has 0 bridgehead atoms. The van der Waals surface area contributed by atoms with Gasteiger partial charge in [-0.2, -0.15) is 0 Å². The molecule has 0 unspecified atom stereocenters. The zero-order valence-corrected chi connectivity index (χ0v) is 15.7. The van der Waals surface area contributed by atoms with Crippen LogP contribution in [0.4, 0.5) is 0 Å². The van der Waals surface area contributed by atoms with Crippen molar-refractivity contribution < 1.29 is 15.5 Å². The monoisotopic (exact) mass is 441 g/mol. The second-order valence-corrected chi connectivity index (χ2v) is 7.46. The molecule has 0 aliphatic rings. The SMILES string of the molecule is OCC[NH2+]C[C@H](O)Cn1c2ccc(Br)cc2c2cc(Br)ccc21. The van der Waals surface area contributed by atoms with E-state index in [1.54, 1.807) is 0 Å². The number of nitrogens with two attached hydrogens (primary N) is 1. The van der Waals surface area contributed by atoms with Crippen LogP contribution >= 0.6 is 31.9 Å². The minimum Gasteiger partial charge on any atom is -0.391 e. The first-order chi connectivity index (χ1) is 11.1. The highest BCUT2D eigenvalue weighted by molar-refractivity contribution is 9.10. The highest BCUT2D eigenvalue weighted by Crippen LogP contribution is 2.33. The lowest BCUT2D eigenvalue weighted by molar-refractivity contribution is -0.662. The molecule has 3 rings (SSSR count). The number of halogens is 2. The van der Waals surface area contributed by atoms with E-state index in [0.29, 0.717) is 19.6 Å². The Morgan fingerprint density at radius 3 is 2.09 bits per heavy atom. The number of hydrogen-bond acceptors (Lipinski definition) is 2. The van der Waals surface area contributed by atoms with E-state index in [1.807, 2.05) is 17.4 Å². The van der Waals surface area contributed by atoms with E-state index in [4.69, 9.17) is 5.11 Å². The molecule has 0 spiro atoms.